The van der Waals surface area contributed by atoms with Gasteiger partial charge in [-0.15, -0.1) is 0 Å². The van der Waals surface area contributed by atoms with Crippen LogP contribution in [-0.2, 0) is 13.1 Å². The molecule has 3 heteroatoms. The number of benzene rings is 1. The second-order valence-corrected chi connectivity index (χ2v) is 5.12. The molecule has 1 aromatic carbocycles. The maximum absolute atomic E-state index is 13.8. The summed E-state index contributed by atoms with van der Waals surface area (Å²) in [5, 5.41) is 0. The predicted molar refractivity (Wildman–Crippen MR) is 67.9 cm³/mol. The van der Waals surface area contributed by atoms with Crippen LogP contribution in [-0.4, -0.2) is 18.0 Å². The zero-order valence-corrected chi connectivity index (χ0v) is 10.6. The monoisotopic (exact) mass is 236 g/mol. The SMILES string of the molecule is CC(C1CC1)N(C)Cc1ccc(CN)cc1F. The Balaban J connectivity index is 2.02. The van der Waals surface area contributed by atoms with E-state index in [2.05, 4.69) is 18.9 Å². The minimum absolute atomic E-state index is 0.136. The van der Waals surface area contributed by atoms with E-state index in [4.69, 9.17) is 5.73 Å². The van der Waals surface area contributed by atoms with Crippen molar-refractivity contribution in [2.75, 3.05) is 7.05 Å². The number of nitrogens with zero attached hydrogens (tertiary/aromatic N) is 1. The number of rotatable bonds is 5. The molecule has 0 saturated heterocycles. The molecule has 0 spiro atoms. The largest absolute Gasteiger partial charge is 0.326 e. The summed E-state index contributed by atoms with van der Waals surface area (Å²) in [7, 11) is 2.07. The van der Waals surface area contributed by atoms with Gasteiger partial charge in [0, 0.05) is 24.7 Å². The first-order chi connectivity index (χ1) is 8.11. The second kappa shape index (κ2) is 5.15. The van der Waals surface area contributed by atoms with E-state index in [1.165, 1.54) is 12.8 Å². The Kier molecular flexibility index (Phi) is 3.79. The molecule has 2 N–H and O–H groups in total. The molecule has 0 bridgehead atoms. The number of nitrogens with two attached hydrogens (primary N) is 1. The highest BCUT2D eigenvalue weighted by atomic mass is 19.1. The highest BCUT2D eigenvalue weighted by molar-refractivity contribution is 5.24. The highest BCUT2D eigenvalue weighted by Gasteiger charge is 2.30. The first-order valence-electron chi connectivity index (χ1n) is 6.29. The van der Waals surface area contributed by atoms with Crippen LogP contribution in [0.4, 0.5) is 4.39 Å². The normalized spacial score (nSPS) is 17.5. The van der Waals surface area contributed by atoms with Crippen LogP contribution in [0.3, 0.4) is 0 Å². The summed E-state index contributed by atoms with van der Waals surface area (Å²) in [4.78, 5) is 2.23. The van der Waals surface area contributed by atoms with Gasteiger partial charge in [0.15, 0.2) is 0 Å². The van der Waals surface area contributed by atoms with Gasteiger partial charge in [-0.05, 0) is 44.4 Å². The van der Waals surface area contributed by atoms with E-state index in [1.54, 1.807) is 6.07 Å². The van der Waals surface area contributed by atoms with Crippen molar-refractivity contribution < 1.29 is 4.39 Å². The highest BCUT2D eigenvalue weighted by Crippen LogP contribution is 2.35. The molecule has 1 aliphatic carbocycles. The van der Waals surface area contributed by atoms with Gasteiger partial charge >= 0.3 is 0 Å². The second-order valence-electron chi connectivity index (χ2n) is 5.12. The summed E-state index contributed by atoms with van der Waals surface area (Å²) >= 11 is 0. The van der Waals surface area contributed by atoms with Gasteiger partial charge in [0.05, 0.1) is 0 Å². The number of hydrogen-bond acceptors (Lipinski definition) is 2. The summed E-state index contributed by atoms with van der Waals surface area (Å²) in [6.07, 6.45) is 2.64. The average molecular weight is 236 g/mol. The van der Waals surface area contributed by atoms with E-state index in [-0.39, 0.29) is 5.82 Å². The van der Waals surface area contributed by atoms with Gasteiger partial charge in [0.25, 0.3) is 0 Å². The summed E-state index contributed by atoms with van der Waals surface area (Å²) in [6, 6.07) is 5.86. The Bertz CT molecular complexity index is 388. The molecule has 2 rings (SSSR count). The third kappa shape index (κ3) is 3.05. The molecule has 1 unspecified atom stereocenters. The summed E-state index contributed by atoms with van der Waals surface area (Å²) in [6.45, 7) is 3.30. The Morgan fingerprint density at radius 1 is 1.47 bits per heavy atom. The Morgan fingerprint density at radius 3 is 2.71 bits per heavy atom. The average Bonchev–Trinajstić information content (AvgIpc) is 3.14. The van der Waals surface area contributed by atoms with Crippen LogP contribution in [0.25, 0.3) is 0 Å². The fourth-order valence-corrected chi connectivity index (χ4v) is 2.20. The standard InChI is InChI=1S/C14H21FN2/c1-10(12-5-6-12)17(2)9-13-4-3-11(8-16)7-14(13)15/h3-4,7,10,12H,5-6,8-9,16H2,1-2H3. The zero-order valence-electron chi connectivity index (χ0n) is 10.6. The van der Waals surface area contributed by atoms with Gasteiger partial charge in [0.2, 0.25) is 0 Å². The molecule has 1 aromatic rings. The van der Waals surface area contributed by atoms with E-state index in [9.17, 15) is 4.39 Å². The minimum atomic E-state index is -0.136. The summed E-state index contributed by atoms with van der Waals surface area (Å²) in [5.41, 5.74) is 7.10. The zero-order chi connectivity index (χ0) is 12.4. The maximum atomic E-state index is 13.8. The van der Waals surface area contributed by atoms with Crippen molar-refractivity contribution in [3.05, 3.63) is 35.1 Å². The van der Waals surface area contributed by atoms with Crippen molar-refractivity contribution in [2.24, 2.45) is 11.7 Å². The minimum Gasteiger partial charge on any atom is -0.326 e. The van der Waals surface area contributed by atoms with Crippen LogP contribution in [0.1, 0.15) is 30.9 Å². The number of hydrogen-bond donors (Lipinski definition) is 1. The van der Waals surface area contributed by atoms with Crippen molar-refractivity contribution in [3.8, 4) is 0 Å². The van der Waals surface area contributed by atoms with Crippen LogP contribution in [0, 0.1) is 11.7 Å². The van der Waals surface area contributed by atoms with Crippen LogP contribution in [0.5, 0.6) is 0 Å². The molecule has 1 aliphatic rings. The Hall–Kier alpha value is -0.930. The smallest absolute Gasteiger partial charge is 0.128 e. The van der Waals surface area contributed by atoms with Crippen molar-refractivity contribution in [1.82, 2.24) is 4.90 Å². The van der Waals surface area contributed by atoms with E-state index < -0.39 is 0 Å². The van der Waals surface area contributed by atoms with Crippen LogP contribution in [0.15, 0.2) is 18.2 Å². The molecule has 1 saturated carbocycles. The van der Waals surface area contributed by atoms with Crippen molar-refractivity contribution >= 4 is 0 Å². The lowest BCUT2D eigenvalue weighted by Gasteiger charge is -2.24. The van der Waals surface area contributed by atoms with Crippen molar-refractivity contribution in [3.63, 3.8) is 0 Å². The molecular weight excluding hydrogens is 215 g/mol. The van der Waals surface area contributed by atoms with E-state index >= 15 is 0 Å². The molecule has 17 heavy (non-hydrogen) atoms. The summed E-state index contributed by atoms with van der Waals surface area (Å²) < 4.78 is 13.8. The molecule has 0 aliphatic heterocycles. The van der Waals surface area contributed by atoms with Gasteiger partial charge in [-0.3, -0.25) is 4.90 Å². The Morgan fingerprint density at radius 2 is 2.18 bits per heavy atom. The van der Waals surface area contributed by atoms with Gasteiger partial charge in [-0.2, -0.15) is 0 Å². The van der Waals surface area contributed by atoms with Crippen molar-refractivity contribution in [1.29, 1.82) is 0 Å². The van der Waals surface area contributed by atoms with Gasteiger partial charge in [0.1, 0.15) is 5.82 Å². The van der Waals surface area contributed by atoms with E-state index in [0.29, 0.717) is 19.1 Å². The molecule has 2 nitrogen and oxygen atoms in total. The fourth-order valence-electron chi connectivity index (χ4n) is 2.20. The molecule has 94 valence electrons. The predicted octanol–water partition coefficient (Wildman–Crippen LogP) is 2.51. The van der Waals surface area contributed by atoms with Crippen LogP contribution >= 0.6 is 0 Å². The fraction of sp³-hybridized carbons (Fsp3) is 0.571. The van der Waals surface area contributed by atoms with Crippen LogP contribution < -0.4 is 5.73 Å². The number of halogens is 1. The van der Waals surface area contributed by atoms with Gasteiger partial charge in [-0.1, -0.05) is 12.1 Å². The third-order valence-electron chi connectivity index (χ3n) is 3.77. The van der Waals surface area contributed by atoms with E-state index in [0.717, 1.165) is 17.0 Å². The molecular formula is C14H21FN2. The molecule has 1 atom stereocenters. The van der Waals surface area contributed by atoms with Gasteiger partial charge in [-0.25, -0.2) is 4.39 Å². The molecule has 1 fully saturated rings. The molecule has 0 radical (unpaired) electrons. The first kappa shape index (κ1) is 12.5. The first-order valence-corrected chi connectivity index (χ1v) is 6.29. The maximum Gasteiger partial charge on any atom is 0.128 e. The summed E-state index contributed by atoms with van der Waals surface area (Å²) in [5.74, 6) is 0.675. The lowest BCUT2D eigenvalue weighted by Crippen LogP contribution is -2.30. The quantitative estimate of drug-likeness (QED) is 0.851. The lowest BCUT2D eigenvalue weighted by molar-refractivity contribution is 0.224. The topological polar surface area (TPSA) is 29.3 Å². The third-order valence-corrected chi connectivity index (χ3v) is 3.77. The molecule has 0 heterocycles. The lowest BCUT2D eigenvalue weighted by atomic mass is 10.1. The molecule has 0 amide bonds. The molecule has 0 aromatic heterocycles. The Labute approximate surface area is 103 Å². The van der Waals surface area contributed by atoms with Gasteiger partial charge < -0.3 is 5.73 Å². The van der Waals surface area contributed by atoms with E-state index in [1.807, 2.05) is 12.1 Å². The van der Waals surface area contributed by atoms with Crippen LogP contribution in [0.2, 0.25) is 0 Å². The van der Waals surface area contributed by atoms with Crippen molar-refractivity contribution in [2.45, 2.75) is 38.9 Å².